The lowest BCUT2D eigenvalue weighted by Crippen LogP contribution is -2.14. The van der Waals surface area contributed by atoms with Crippen LogP contribution in [0.15, 0.2) is 0 Å². The Morgan fingerprint density at radius 3 is 2.17 bits per heavy atom. The Labute approximate surface area is 36.3 Å². The average Bonchev–Trinajstić information content (AvgIpc) is 2.06. The topological polar surface area (TPSA) is 26.0 Å². The molecule has 0 heterocycles. The molecule has 0 radical (unpaired) electrons. The Bertz CT molecular complexity index is 49.5. The van der Waals surface area contributed by atoms with Crippen LogP contribution in [0.4, 0.5) is 4.39 Å². The molecule has 6 heavy (non-hydrogen) atoms. The lowest BCUT2D eigenvalue weighted by molar-refractivity contribution is 0.307. The van der Waals surface area contributed by atoms with E-state index in [0.717, 1.165) is 12.8 Å². The zero-order chi connectivity index (χ0) is 4.57. The molecule has 1 nitrogen and oxygen atoms in total. The second-order valence-electron chi connectivity index (χ2n) is 1.78. The van der Waals surface area contributed by atoms with Crippen LogP contribution in [0.5, 0.6) is 0 Å². The first-order chi connectivity index (χ1) is 2.80. The van der Waals surface area contributed by atoms with Crippen LogP contribution in [-0.2, 0) is 0 Å². The molecule has 1 rings (SSSR count). The van der Waals surface area contributed by atoms with Crippen molar-refractivity contribution >= 4 is 0 Å². The third kappa shape index (κ3) is 0.684. The van der Waals surface area contributed by atoms with Gasteiger partial charge in [0, 0.05) is 5.92 Å². The Kier molecular flexibility index (Phi) is 0.804. The lowest BCUT2D eigenvalue weighted by atomic mass is 10.4. The van der Waals surface area contributed by atoms with Gasteiger partial charge in [-0.2, -0.15) is 0 Å². The van der Waals surface area contributed by atoms with Gasteiger partial charge in [0.1, 0.15) is 0 Å². The Balaban J connectivity index is 2.13. The van der Waals surface area contributed by atoms with Gasteiger partial charge in [-0.05, 0) is 12.8 Å². The van der Waals surface area contributed by atoms with Gasteiger partial charge in [-0.1, -0.05) is 0 Å². The van der Waals surface area contributed by atoms with E-state index >= 15 is 0 Å². The summed E-state index contributed by atoms with van der Waals surface area (Å²) < 4.78 is 11.7. The van der Waals surface area contributed by atoms with Crippen molar-refractivity contribution in [1.82, 2.24) is 0 Å². The summed E-state index contributed by atoms with van der Waals surface area (Å²) in [5, 5.41) is 0. The fourth-order valence-electron chi connectivity index (χ4n) is 0.415. The molecule has 1 aliphatic carbocycles. The zero-order valence-electron chi connectivity index (χ0n) is 3.52. The van der Waals surface area contributed by atoms with Gasteiger partial charge in [0.15, 0.2) is 6.30 Å². The van der Waals surface area contributed by atoms with E-state index < -0.39 is 6.30 Å². The number of halogens is 1. The van der Waals surface area contributed by atoms with Crippen LogP contribution in [0.25, 0.3) is 0 Å². The minimum atomic E-state index is -1.04. The Morgan fingerprint density at radius 2 is 2.17 bits per heavy atom. The molecule has 0 aliphatic heterocycles. The molecule has 2 heteroatoms. The number of alkyl halides is 1. The van der Waals surface area contributed by atoms with E-state index in [0.29, 0.717) is 0 Å². The van der Waals surface area contributed by atoms with Crippen molar-refractivity contribution in [1.29, 1.82) is 0 Å². The third-order valence-corrected chi connectivity index (χ3v) is 1.07. The second-order valence-corrected chi connectivity index (χ2v) is 1.78. The molecule has 0 spiro atoms. The molecule has 0 aromatic heterocycles. The van der Waals surface area contributed by atoms with Gasteiger partial charge in [-0.3, -0.25) is 0 Å². The van der Waals surface area contributed by atoms with E-state index in [1.54, 1.807) is 0 Å². The highest BCUT2D eigenvalue weighted by atomic mass is 19.1. The fourth-order valence-corrected chi connectivity index (χ4v) is 0.415. The summed E-state index contributed by atoms with van der Waals surface area (Å²) in [7, 11) is 0. The maximum atomic E-state index is 11.7. The molecule has 36 valence electrons. The summed E-state index contributed by atoms with van der Waals surface area (Å²) in [6.07, 6.45) is 0.958. The summed E-state index contributed by atoms with van der Waals surface area (Å²) in [6.45, 7) is 0. The molecule has 1 saturated carbocycles. The van der Waals surface area contributed by atoms with Crippen molar-refractivity contribution in [2.45, 2.75) is 19.1 Å². The monoisotopic (exact) mass is 89.1 g/mol. The van der Waals surface area contributed by atoms with Crippen LogP contribution in [0.1, 0.15) is 12.8 Å². The number of hydrogen-bond donors (Lipinski definition) is 1. The molecule has 0 aromatic rings. The molecule has 1 aliphatic rings. The summed E-state index contributed by atoms with van der Waals surface area (Å²) in [4.78, 5) is 0. The molecular formula is C4H8FN. The highest BCUT2D eigenvalue weighted by Crippen LogP contribution is 2.31. The smallest absolute Gasteiger partial charge is 0.151 e. The van der Waals surface area contributed by atoms with Gasteiger partial charge in [0.2, 0.25) is 0 Å². The first kappa shape index (κ1) is 4.06. The van der Waals surface area contributed by atoms with Crippen molar-refractivity contribution in [3.8, 4) is 0 Å². The van der Waals surface area contributed by atoms with Crippen LogP contribution in [0.3, 0.4) is 0 Å². The number of hydrogen-bond acceptors (Lipinski definition) is 1. The Morgan fingerprint density at radius 1 is 1.67 bits per heavy atom. The molecule has 1 fully saturated rings. The predicted octanol–water partition coefficient (Wildman–Crippen LogP) is 0.651. The van der Waals surface area contributed by atoms with E-state index in [4.69, 9.17) is 5.73 Å². The van der Waals surface area contributed by atoms with E-state index in [-0.39, 0.29) is 5.92 Å². The zero-order valence-corrected chi connectivity index (χ0v) is 3.52. The van der Waals surface area contributed by atoms with Gasteiger partial charge in [0.05, 0.1) is 0 Å². The SMILES string of the molecule is NC(F)C1CC1. The van der Waals surface area contributed by atoms with Crippen LogP contribution in [0, 0.1) is 5.92 Å². The molecule has 0 amide bonds. The molecule has 1 atom stereocenters. The van der Waals surface area contributed by atoms with Crippen LogP contribution < -0.4 is 5.73 Å². The molecule has 0 bridgehead atoms. The van der Waals surface area contributed by atoms with Gasteiger partial charge in [0.25, 0.3) is 0 Å². The van der Waals surface area contributed by atoms with Gasteiger partial charge < -0.3 is 5.73 Å². The molecule has 2 N–H and O–H groups in total. The first-order valence-electron chi connectivity index (χ1n) is 2.20. The lowest BCUT2D eigenvalue weighted by Gasteiger charge is -1.90. The van der Waals surface area contributed by atoms with Crippen molar-refractivity contribution in [3.63, 3.8) is 0 Å². The second kappa shape index (κ2) is 1.19. The predicted molar refractivity (Wildman–Crippen MR) is 21.8 cm³/mol. The normalized spacial score (nSPS) is 27.0. The molecule has 0 aromatic carbocycles. The number of nitrogens with two attached hydrogens (primary N) is 1. The van der Waals surface area contributed by atoms with Gasteiger partial charge >= 0.3 is 0 Å². The molecule has 0 saturated heterocycles. The minimum absolute atomic E-state index is 0.213. The van der Waals surface area contributed by atoms with Crippen molar-refractivity contribution in [3.05, 3.63) is 0 Å². The van der Waals surface area contributed by atoms with Crippen LogP contribution in [0.2, 0.25) is 0 Å². The highest BCUT2D eigenvalue weighted by Gasteiger charge is 2.27. The van der Waals surface area contributed by atoms with Gasteiger partial charge in [-0.25, -0.2) is 4.39 Å². The highest BCUT2D eigenvalue weighted by molar-refractivity contribution is 4.76. The average molecular weight is 89.1 g/mol. The largest absolute Gasteiger partial charge is 0.302 e. The van der Waals surface area contributed by atoms with E-state index in [1.165, 1.54) is 0 Å². The first-order valence-corrected chi connectivity index (χ1v) is 2.20. The summed E-state index contributed by atoms with van der Waals surface area (Å²) >= 11 is 0. The van der Waals surface area contributed by atoms with Crippen LogP contribution >= 0.6 is 0 Å². The standard InChI is InChI=1S/C4H8FN/c5-4(6)3-1-2-3/h3-4H,1-2,6H2. The summed E-state index contributed by atoms with van der Waals surface area (Å²) in [6, 6.07) is 0. The van der Waals surface area contributed by atoms with Crippen molar-refractivity contribution in [2.75, 3.05) is 0 Å². The van der Waals surface area contributed by atoms with Gasteiger partial charge in [-0.15, -0.1) is 0 Å². The molecule has 1 unspecified atom stereocenters. The quantitative estimate of drug-likeness (QED) is 0.469. The summed E-state index contributed by atoms with van der Waals surface area (Å²) in [5.41, 5.74) is 4.83. The molecular weight excluding hydrogens is 81.0 g/mol. The number of rotatable bonds is 1. The fraction of sp³-hybridized carbons (Fsp3) is 1.00. The van der Waals surface area contributed by atoms with Crippen LogP contribution in [-0.4, -0.2) is 6.30 Å². The van der Waals surface area contributed by atoms with E-state index in [9.17, 15) is 4.39 Å². The third-order valence-electron chi connectivity index (χ3n) is 1.07. The van der Waals surface area contributed by atoms with E-state index in [1.807, 2.05) is 0 Å². The summed E-state index contributed by atoms with van der Waals surface area (Å²) in [5.74, 6) is 0.213. The minimum Gasteiger partial charge on any atom is -0.302 e. The maximum Gasteiger partial charge on any atom is 0.151 e. The Hall–Kier alpha value is -0.110. The maximum absolute atomic E-state index is 11.7. The van der Waals surface area contributed by atoms with Crippen molar-refractivity contribution in [2.24, 2.45) is 11.7 Å². The van der Waals surface area contributed by atoms with E-state index in [2.05, 4.69) is 0 Å². The van der Waals surface area contributed by atoms with Crippen molar-refractivity contribution < 1.29 is 4.39 Å².